The number of benzene rings is 2. The number of rotatable bonds is 1. The number of piperazine rings is 1. The Morgan fingerprint density at radius 2 is 2.04 bits per heavy atom. The van der Waals surface area contributed by atoms with E-state index < -0.39 is 0 Å². The zero-order chi connectivity index (χ0) is 16.0. The molecule has 4 nitrogen and oxygen atoms in total. The maximum Gasteiger partial charge on any atom is 0.289 e. The molecule has 118 valence electrons. The summed E-state index contributed by atoms with van der Waals surface area (Å²) in [6, 6.07) is 12.6. The van der Waals surface area contributed by atoms with E-state index in [0.717, 1.165) is 46.9 Å². The van der Waals surface area contributed by atoms with Crippen molar-refractivity contribution in [3.05, 3.63) is 47.7 Å². The lowest BCUT2D eigenvalue weighted by atomic mass is 10.1. The Kier molecular flexibility index (Phi) is 3.34. The van der Waals surface area contributed by atoms with E-state index in [1.54, 1.807) is 0 Å². The van der Waals surface area contributed by atoms with Crippen molar-refractivity contribution in [3.63, 3.8) is 0 Å². The van der Waals surface area contributed by atoms with Crippen molar-refractivity contribution in [1.29, 1.82) is 0 Å². The van der Waals surface area contributed by atoms with E-state index in [0.29, 0.717) is 11.8 Å². The summed E-state index contributed by atoms with van der Waals surface area (Å²) >= 11 is 0. The highest BCUT2D eigenvalue weighted by Gasteiger charge is 2.26. The fourth-order valence-electron chi connectivity index (χ4n) is 3.41. The van der Waals surface area contributed by atoms with E-state index in [9.17, 15) is 4.79 Å². The maximum atomic E-state index is 12.9. The second-order valence-electron chi connectivity index (χ2n) is 6.33. The maximum absolute atomic E-state index is 12.9. The van der Waals surface area contributed by atoms with Gasteiger partial charge in [-0.05, 0) is 19.2 Å². The summed E-state index contributed by atoms with van der Waals surface area (Å²) in [5.74, 6) is 0.474. The van der Waals surface area contributed by atoms with Crippen LogP contribution in [0.1, 0.15) is 23.0 Å². The van der Waals surface area contributed by atoms with Crippen molar-refractivity contribution >= 4 is 27.6 Å². The molecule has 4 rings (SSSR count). The molecule has 0 radical (unpaired) electrons. The van der Waals surface area contributed by atoms with Crippen LogP contribution in [0.15, 0.2) is 40.8 Å². The molecule has 1 saturated heterocycles. The lowest BCUT2D eigenvalue weighted by Gasteiger charge is -2.31. The molecular weight excluding hydrogens is 288 g/mol. The van der Waals surface area contributed by atoms with E-state index >= 15 is 0 Å². The number of carbonyl (C=O) groups excluding carboxylic acids is 1. The van der Waals surface area contributed by atoms with Crippen LogP contribution in [0.2, 0.25) is 0 Å². The van der Waals surface area contributed by atoms with Gasteiger partial charge in [-0.25, -0.2) is 0 Å². The SMILES string of the molecule is Cc1c(C(=O)N2CCNC(C)C2)oc2c1ccc1ccccc12. The van der Waals surface area contributed by atoms with Gasteiger partial charge in [0.15, 0.2) is 5.76 Å². The molecule has 2 heterocycles. The lowest BCUT2D eigenvalue weighted by molar-refractivity contribution is 0.0678. The summed E-state index contributed by atoms with van der Waals surface area (Å²) in [5, 5.41) is 6.57. The van der Waals surface area contributed by atoms with Gasteiger partial charge in [0, 0.05) is 42.0 Å². The predicted molar refractivity (Wildman–Crippen MR) is 91.8 cm³/mol. The molecular formula is C19H20N2O2. The standard InChI is InChI=1S/C19H20N2O2/c1-12-11-21(10-9-20-12)19(22)17-13(2)15-8-7-14-5-3-4-6-16(14)18(15)23-17/h3-8,12,20H,9-11H2,1-2H3. The fourth-order valence-corrected chi connectivity index (χ4v) is 3.41. The molecule has 1 aromatic heterocycles. The first-order valence-electron chi connectivity index (χ1n) is 8.08. The minimum atomic E-state index is -0.00358. The summed E-state index contributed by atoms with van der Waals surface area (Å²) in [5.41, 5.74) is 1.74. The van der Waals surface area contributed by atoms with E-state index in [2.05, 4.69) is 24.4 Å². The molecule has 3 aromatic rings. The summed E-state index contributed by atoms with van der Waals surface area (Å²) in [6.07, 6.45) is 0. The zero-order valence-electron chi connectivity index (χ0n) is 13.4. The first-order chi connectivity index (χ1) is 11.1. The van der Waals surface area contributed by atoms with Crippen molar-refractivity contribution in [2.24, 2.45) is 0 Å². The average Bonchev–Trinajstić information content (AvgIpc) is 2.91. The van der Waals surface area contributed by atoms with Crippen LogP contribution in [0.25, 0.3) is 21.7 Å². The first kappa shape index (κ1) is 14.3. The molecule has 4 heteroatoms. The van der Waals surface area contributed by atoms with Crippen molar-refractivity contribution in [2.75, 3.05) is 19.6 Å². The highest BCUT2D eigenvalue weighted by molar-refractivity contribution is 6.08. The molecule has 1 aliphatic rings. The predicted octanol–water partition coefficient (Wildman–Crippen LogP) is 3.33. The molecule has 2 aromatic carbocycles. The van der Waals surface area contributed by atoms with E-state index in [1.807, 2.05) is 36.1 Å². The van der Waals surface area contributed by atoms with Gasteiger partial charge in [0.2, 0.25) is 0 Å². The third kappa shape index (κ3) is 2.30. The van der Waals surface area contributed by atoms with Gasteiger partial charge in [-0.3, -0.25) is 4.79 Å². The van der Waals surface area contributed by atoms with E-state index in [-0.39, 0.29) is 5.91 Å². The van der Waals surface area contributed by atoms with Crippen LogP contribution in [-0.2, 0) is 0 Å². The molecule has 0 spiro atoms. The van der Waals surface area contributed by atoms with Crippen LogP contribution in [0.5, 0.6) is 0 Å². The number of furan rings is 1. The van der Waals surface area contributed by atoms with Crippen LogP contribution in [0, 0.1) is 6.92 Å². The van der Waals surface area contributed by atoms with Crippen LogP contribution < -0.4 is 5.32 Å². The summed E-state index contributed by atoms with van der Waals surface area (Å²) in [7, 11) is 0. The molecule has 0 saturated carbocycles. The number of hydrogen-bond donors (Lipinski definition) is 1. The smallest absolute Gasteiger partial charge is 0.289 e. The third-order valence-electron chi connectivity index (χ3n) is 4.68. The molecule has 1 unspecified atom stereocenters. The number of fused-ring (bicyclic) bond motifs is 3. The Morgan fingerprint density at radius 1 is 1.22 bits per heavy atom. The Balaban J connectivity index is 1.82. The normalized spacial score (nSPS) is 18.7. The van der Waals surface area contributed by atoms with Gasteiger partial charge in [-0.15, -0.1) is 0 Å². The number of amides is 1. The van der Waals surface area contributed by atoms with Crippen LogP contribution in [0.3, 0.4) is 0 Å². The van der Waals surface area contributed by atoms with Crippen molar-refractivity contribution < 1.29 is 9.21 Å². The monoisotopic (exact) mass is 308 g/mol. The fraction of sp³-hybridized carbons (Fsp3) is 0.316. The van der Waals surface area contributed by atoms with Crippen LogP contribution in [0.4, 0.5) is 0 Å². The molecule has 23 heavy (non-hydrogen) atoms. The Hall–Kier alpha value is -2.33. The molecule has 0 aliphatic carbocycles. The Morgan fingerprint density at radius 3 is 2.87 bits per heavy atom. The molecule has 1 aliphatic heterocycles. The van der Waals surface area contributed by atoms with Crippen LogP contribution in [-0.4, -0.2) is 36.5 Å². The van der Waals surface area contributed by atoms with Crippen LogP contribution >= 0.6 is 0 Å². The van der Waals surface area contributed by atoms with E-state index in [1.165, 1.54) is 0 Å². The lowest BCUT2D eigenvalue weighted by Crippen LogP contribution is -2.51. The molecule has 1 fully saturated rings. The first-order valence-corrected chi connectivity index (χ1v) is 8.08. The number of nitrogens with zero attached hydrogens (tertiary/aromatic N) is 1. The van der Waals surface area contributed by atoms with Crippen molar-refractivity contribution in [1.82, 2.24) is 10.2 Å². The van der Waals surface area contributed by atoms with Gasteiger partial charge in [0.05, 0.1) is 0 Å². The zero-order valence-corrected chi connectivity index (χ0v) is 13.4. The Labute approximate surface area is 135 Å². The molecule has 1 N–H and O–H groups in total. The van der Waals surface area contributed by atoms with Gasteiger partial charge in [0.1, 0.15) is 5.58 Å². The van der Waals surface area contributed by atoms with Crippen molar-refractivity contribution in [3.8, 4) is 0 Å². The number of hydrogen-bond acceptors (Lipinski definition) is 3. The molecule has 0 bridgehead atoms. The number of aryl methyl sites for hydroxylation is 1. The highest BCUT2D eigenvalue weighted by atomic mass is 16.3. The minimum absolute atomic E-state index is 0.00358. The van der Waals surface area contributed by atoms with Gasteiger partial charge in [-0.2, -0.15) is 0 Å². The minimum Gasteiger partial charge on any atom is -0.450 e. The second-order valence-corrected chi connectivity index (χ2v) is 6.33. The molecule has 1 atom stereocenters. The van der Waals surface area contributed by atoms with E-state index in [4.69, 9.17) is 4.42 Å². The molecule has 1 amide bonds. The van der Waals surface area contributed by atoms with Gasteiger partial charge >= 0.3 is 0 Å². The van der Waals surface area contributed by atoms with Gasteiger partial charge < -0.3 is 14.6 Å². The second kappa shape index (κ2) is 5.39. The average molecular weight is 308 g/mol. The summed E-state index contributed by atoms with van der Waals surface area (Å²) in [4.78, 5) is 14.8. The number of nitrogens with one attached hydrogen (secondary N) is 1. The topological polar surface area (TPSA) is 45.5 Å². The largest absolute Gasteiger partial charge is 0.450 e. The van der Waals surface area contributed by atoms with Gasteiger partial charge in [0.25, 0.3) is 5.91 Å². The third-order valence-corrected chi connectivity index (χ3v) is 4.68. The van der Waals surface area contributed by atoms with Gasteiger partial charge in [-0.1, -0.05) is 36.4 Å². The van der Waals surface area contributed by atoms with Crippen molar-refractivity contribution in [2.45, 2.75) is 19.9 Å². The quantitative estimate of drug-likeness (QED) is 0.750. The highest BCUT2D eigenvalue weighted by Crippen LogP contribution is 2.32. The summed E-state index contributed by atoms with van der Waals surface area (Å²) in [6.45, 7) is 6.34. The number of carbonyl (C=O) groups is 1. The summed E-state index contributed by atoms with van der Waals surface area (Å²) < 4.78 is 6.05. The Bertz CT molecular complexity index is 897.